The Morgan fingerprint density at radius 1 is 0.783 bits per heavy atom. The van der Waals surface area contributed by atoms with E-state index < -0.39 is 68.0 Å². The molecule has 0 radical (unpaired) electrons. The Bertz CT molecular complexity index is 383. The summed E-state index contributed by atoms with van der Waals surface area (Å²) in [5.74, 6) is 0.0271. The fourth-order valence-electron chi connectivity index (χ4n) is 2.57. The lowest BCUT2D eigenvalue weighted by atomic mass is 9.97. The monoisotopic (exact) mass is 358 g/mol. The summed E-state index contributed by atoms with van der Waals surface area (Å²) in [4.78, 5) is 0. The van der Waals surface area contributed by atoms with Crippen LogP contribution in [0.15, 0.2) is 0 Å². The smallest absolute Gasteiger partial charge is 0.187 e. The van der Waals surface area contributed by atoms with Gasteiger partial charge in [-0.15, -0.1) is 0 Å². The Morgan fingerprint density at radius 2 is 1.43 bits per heavy atom. The zero-order valence-corrected chi connectivity index (χ0v) is 12.9. The number of aliphatic hydroxyl groups is 7. The van der Waals surface area contributed by atoms with E-state index in [0.29, 0.717) is 0 Å². The second kappa shape index (κ2) is 7.89. The van der Waals surface area contributed by atoms with Gasteiger partial charge in [-0.1, -0.05) is 0 Å². The van der Waals surface area contributed by atoms with Crippen LogP contribution in [0.25, 0.3) is 0 Å². The van der Waals surface area contributed by atoms with Crippen molar-refractivity contribution in [2.75, 3.05) is 12.4 Å². The molecule has 0 aromatic heterocycles. The van der Waals surface area contributed by atoms with Crippen molar-refractivity contribution in [3.05, 3.63) is 0 Å². The van der Waals surface area contributed by atoms with E-state index in [2.05, 4.69) is 12.6 Å². The Morgan fingerprint density at radius 3 is 2.00 bits per heavy atom. The van der Waals surface area contributed by atoms with Crippen molar-refractivity contribution in [2.24, 2.45) is 0 Å². The quantitative estimate of drug-likeness (QED) is 0.229. The van der Waals surface area contributed by atoms with Gasteiger partial charge >= 0.3 is 0 Å². The zero-order chi connectivity index (χ0) is 17.3. The van der Waals surface area contributed by atoms with Crippen LogP contribution in [-0.2, 0) is 14.2 Å². The van der Waals surface area contributed by atoms with E-state index in [1.54, 1.807) is 0 Å². The molecule has 0 aromatic carbocycles. The predicted molar refractivity (Wildman–Crippen MR) is 75.4 cm³/mol. The summed E-state index contributed by atoms with van der Waals surface area (Å²) >= 11 is 3.96. The van der Waals surface area contributed by atoms with E-state index in [1.807, 2.05) is 0 Å². The average Bonchev–Trinajstić information content (AvgIpc) is 2.55. The third-order valence-electron chi connectivity index (χ3n) is 3.98. The molecule has 10 atom stereocenters. The van der Waals surface area contributed by atoms with Gasteiger partial charge < -0.3 is 50.0 Å². The number of rotatable bonds is 4. The third kappa shape index (κ3) is 3.80. The van der Waals surface area contributed by atoms with Crippen molar-refractivity contribution in [1.29, 1.82) is 0 Å². The molecule has 2 aliphatic heterocycles. The van der Waals surface area contributed by atoms with Crippen molar-refractivity contribution in [3.8, 4) is 0 Å². The molecule has 0 amide bonds. The number of ether oxygens (including phenoxy) is 3. The molecule has 2 fully saturated rings. The number of thiol groups is 1. The molecular weight excluding hydrogens is 336 g/mol. The maximum Gasteiger partial charge on any atom is 0.187 e. The maximum atomic E-state index is 9.98. The fraction of sp³-hybridized carbons (Fsp3) is 1.00. The van der Waals surface area contributed by atoms with Gasteiger partial charge in [0.1, 0.15) is 42.7 Å². The van der Waals surface area contributed by atoms with Crippen LogP contribution in [0.1, 0.15) is 0 Å². The fourth-order valence-corrected chi connectivity index (χ4v) is 2.87. The van der Waals surface area contributed by atoms with Gasteiger partial charge in [0.2, 0.25) is 0 Å². The summed E-state index contributed by atoms with van der Waals surface area (Å²) in [5, 5.41) is 67.7. The highest BCUT2D eigenvalue weighted by Crippen LogP contribution is 2.28. The molecule has 10 nitrogen and oxygen atoms in total. The van der Waals surface area contributed by atoms with Gasteiger partial charge in [-0.05, 0) is 0 Å². The van der Waals surface area contributed by atoms with Crippen molar-refractivity contribution in [1.82, 2.24) is 0 Å². The standard InChI is InChI=1S/C12H22O10S/c13-1-3-10(7(16)8(17)11(19)20-3)22-12-9(18)6(15)5(14)4(2-23)21-12/h3-19,23H,1-2H2/t3?,4?,5-,6?,7+,8?,9-,10+,11+,12-/m0/s1. The number of hydrogen-bond acceptors (Lipinski definition) is 11. The molecular formula is C12H22O10S. The maximum absolute atomic E-state index is 9.98. The SMILES string of the molecule is OCC1O[C@@H](O)C(O)[C@@H](O)[C@@H]1O[C@@H]1OC(CS)[C@H](O)C(O)[C@@H]1O. The Labute approximate surface area is 137 Å². The van der Waals surface area contributed by atoms with Gasteiger partial charge in [0, 0.05) is 5.75 Å². The molecule has 4 unspecified atom stereocenters. The van der Waals surface area contributed by atoms with Crippen LogP contribution in [0.4, 0.5) is 0 Å². The lowest BCUT2D eigenvalue weighted by Gasteiger charge is -2.45. The lowest BCUT2D eigenvalue weighted by molar-refractivity contribution is -0.351. The van der Waals surface area contributed by atoms with Gasteiger partial charge in [-0.25, -0.2) is 0 Å². The first-order valence-corrected chi connectivity index (χ1v) is 7.71. The van der Waals surface area contributed by atoms with E-state index in [4.69, 9.17) is 14.2 Å². The van der Waals surface area contributed by atoms with Crippen molar-refractivity contribution >= 4 is 12.6 Å². The van der Waals surface area contributed by atoms with Crippen LogP contribution in [0, 0.1) is 0 Å². The second-order valence-corrected chi connectivity index (χ2v) is 5.89. The molecule has 2 rings (SSSR count). The van der Waals surface area contributed by atoms with Crippen molar-refractivity contribution < 1.29 is 50.0 Å². The van der Waals surface area contributed by atoms with Gasteiger partial charge in [-0.2, -0.15) is 12.6 Å². The van der Waals surface area contributed by atoms with E-state index in [0.717, 1.165) is 0 Å². The first-order valence-electron chi connectivity index (χ1n) is 7.08. The van der Waals surface area contributed by atoms with Crippen LogP contribution >= 0.6 is 12.6 Å². The summed E-state index contributed by atoms with van der Waals surface area (Å²) < 4.78 is 15.5. The molecule has 23 heavy (non-hydrogen) atoms. The Hall–Kier alpha value is -0.0500. The Kier molecular flexibility index (Phi) is 6.61. The minimum atomic E-state index is -1.71. The topological polar surface area (TPSA) is 169 Å². The highest BCUT2D eigenvalue weighted by Gasteiger charge is 2.49. The van der Waals surface area contributed by atoms with Gasteiger partial charge in [0.05, 0.1) is 12.7 Å². The highest BCUT2D eigenvalue weighted by atomic mass is 32.1. The molecule has 136 valence electrons. The molecule has 2 saturated heterocycles. The lowest BCUT2D eigenvalue weighted by Crippen LogP contribution is -2.64. The molecule has 0 saturated carbocycles. The first kappa shape index (κ1) is 19.3. The van der Waals surface area contributed by atoms with Gasteiger partial charge in [-0.3, -0.25) is 0 Å². The minimum absolute atomic E-state index is 0.0271. The number of hydrogen-bond donors (Lipinski definition) is 8. The second-order valence-electron chi connectivity index (χ2n) is 5.53. The van der Waals surface area contributed by atoms with E-state index in [1.165, 1.54) is 0 Å². The van der Waals surface area contributed by atoms with Crippen LogP contribution < -0.4 is 0 Å². The van der Waals surface area contributed by atoms with Crippen LogP contribution in [0.3, 0.4) is 0 Å². The molecule has 0 aliphatic carbocycles. The van der Waals surface area contributed by atoms with Crippen molar-refractivity contribution in [3.63, 3.8) is 0 Å². The molecule has 2 aliphatic rings. The highest BCUT2D eigenvalue weighted by molar-refractivity contribution is 7.80. The first-order chi connectivity index (χ1) is 10.8. The van der Waals surface area contributed by atoms with Crippen LogP contribution in [-0.4, -0.2) is 110 Å². The molecule has 0 spiro atoms. The predicted octanol–water partition coefficient (Wildman–Crippen LogP) is -4.46. The molecule has 7 N–H and O–H groups in total. The third-order valence-corrected chi connectivity index (χ3v) is 4.34. The summed E-state index contributed by atoms with van der Waals surface area (Å²) in [6, 6.07) is 0. The minimum Gasteiger partial charge on any atom is -0.394 e. The summed E-state index contributed by atoms with van der Waals surface area (Å²) in [6.07, 6.45) is -14.6. The normalized spacial score (nSPS) is 51.7. The van der Waals surface area contributed by atoms with Gasteiger partial charge in [0.25, 0.3) is 0 Å². The molecule has 2 heterocycles. The molecule has 0 aromatic rings. The van der Waals surface area contributed by atoms with Crippen LogP contribution in [0.2, 0.25) is 0 Å². The average molecular weight is 358 g/mol. The van der Waals surface area contributed by atoms with Crippen LogP contribution in [0.5, 0.6) is 0 Å². The molecule has 0 bridgehead atoms. The number of aliphatic hydroxyl groups excluding tert-OH is 7. The van der Waals surface area contributed by atoms with Crippen molar-refractivity contribution in [2.45, 2.75) is 61.4 Å². The van der Waals surface area contributed by atoms with Gasteiger partial charge in [0.15, 0.2) is 12.6 Å². The summed E-state index contributed by atoms with van der Waals surface area (Å²) in [6.45, 7) is -0.643. The van der Waals surface area contributed by atoms with E-state index >= 15 is 0 Å². The summed E-state index contributed by atoms with van der Waals surface area (Å²) in [7, 11) is 0. The molecule has 11 heteroatoms. The zero-order valence-electron chi connectivity index (χ0n) is 12.0. The van der Waals surface area contributed by atoms with E-state index in [9.17, 15) is 35.7 Å². The van der Waals surface area contributed by atoms with E-state index in [-0.39, 0.29) is 5.75 Å². The Balaban J connectivity index is 2.11. The summed E-state index contributed by atoms with van der Waals surface area (Å²) in [5.41, 5.74) is 0. The largest absolute Gasteiger partial charge is 0.394 e.